The van der Waals surface area contributed by atoms with Crippen molar-refractivity contribution in [3.05, 3.63) is 41.3 Å². The molecule has 3 aromatic rings. The Balaban J connectivity index is 1.69. The van der Waals surface area contributed by atoms with E-state index in [1.54, 1.807) is 0 Å². The third-order valence-electron chi connectivity index (χ3n) is 5.43. The van der Waals surface area contributed by atoms with Gasteiger partial charge >= 0.3 is 0 Å². The van der Waals surface area contributed by atoms with E-state index in [1.807, 2.05) is 6.92 Å². The fraction of sp³-hybridized carbons (Fsp3) is 0.476. The van der Waals surface area contributed by atoms with Gasteiger partial charge in [-0.25, -0.2) is 0 Å². The van der Waals surface area contributed by atoms with Crippen molar-refractivity contribution in [2.45, 2.75) is 46.0 Å². The van der Waals surface area contributed by atoms with Gasteiger partial charge in [0.05, 0.1) is 17.0 Å². The summed E-state index contributed by atoms with van der Waals surface area (Å²) in [6.07, 6.45) is 5.88. The first-order chi connectivity index (χ1) is 12.3. The summed E-state index contributed by atoms with van der Waals surface area (Å²) in [4.78, 5) is 6.24. The molecule has 3 heterocycles. The molecule has 1 N–H and O–H groups in total. The van der Waals surface area contributed by atoms with Crippen molar-refractivity contribution >= 4 is 10.9 Å². The van der Waals surface area contributed by atoms with Crippen molar-refractivity contribution < 1.29 is 4.52 Å². The van der Waals surface area contributed by atoms with E-state index in [0.717, 1.165) is 29.9 Å². The second-order valence-electron chi connectivity index (χ2n) is 7.09. The maximum absolute atomic E-state index is 5.50. The molecule has 0 radical (unpaired) electrons. The number of para-hydroxylation sites is 1. The first-order valence-electron chi connectivity index (χ1n) is 9.55. The summed E-state index contributed by atoms with van der Waals surface area (Å²) in [6, 6.07) is 8.62. The van der Waals surface area contributed by atoms with Crippen LogP contribution < -0.4 is 0 Å². The second kappa shape index (κ2) is 7.04. The molecule has 4 heteroatoms. The van der Waals surface area contributed by atoms with Crippen molar-refractivity contribution in [1.29, 1.82) is 0 Å². The fourth-order valence-corrected chi connectivity index (χ4v) is 4.14. The summed E-state index contributed by atoms with van der Waals surface area (Å²) in [5, 5.41) is 5.60. The van der Waals surface area contributed by atoms with Crippen molar-refractivity contribution in [2.24, 2.45) is 0 Å². The van der Waals surface area contributed by atoms with Crippen LogP contribution in [0.5, 0.6) is 0 Å². The van der Waals surface area contributed by atoms with E-state index in [1.165, 1.54) is 61.1 Å². The molecule has 132 valence electrons. The Morgan fingerprint density at radius 2 is 2.00 bits per heavy atom. The van der Waals surface area contributed by atoms with E-state index >= 15 is 0 Å². The number of hydrogen-bond donors (Lipinski definition) is 1. The van der Waals surface area contributed by atoms with E-state index in [9.17, 15) is 0 Å². The number of likely N-dealkylation sites (tertiary alicyclic amines) is 1. The lowest BCUT2D eigenvalue weighted by molar-refractivity contribution is 0.334. The molecular weight excluding hydrogens is 310 g/mol. The Morgan fingerprint density at radius 3 is 2.80 bits per heavy atom. The molecule has 0 aliphatic carbocycles. The zero-order valence-electron chi connectivity index (χ0n) is 15.3. The molecule has 0 spiro atoms. The quantitative estimate of drug-likeness (QED) is 0.708. The number of aromatic nitrogens is 2. The summed E-state index contributed by atoms with van der Waals surface area (Å²) in [6.45, 7) is 7.89. The molecule has 4 nitrogen and oxygen atoms in total. The van der Waals surface area contributed by atoms with Gasteiger partial charge in [-0.2, -0.15) is 0 Å². The van der Waals surface area contributed by atoms with Crippen molar-refractivity contribution in [3.63, 3.8) is 0 Å². The minimum Gasteiger partial charge on any atom is -0.361 e. The minimum absolute atomic E-state index is 0.884. The molecule has 0 amide bonds. The van der Waals surface area contributed by atoms with Crippen LogP contribution >= 0.6 is 0 Å². The molecule has 1 aliphatic rings. The van der Waals surface area contributed by atoms with E-state index in [0.29, 0.717) is 0 Å². The molecule has 0 bridgehead atoms. The molecule has 1 fully saturated rings. The maximum Gasteiger partial charge on any atom is 0.143 e. The molecule has 1 aliphatic heterocycles. The standard InChI is InChI=1S/C21H27N3O/c1-3-18-20(15(2)25-23-18)21-17(10-8-14-24-12-6-7-13-24)16-9-4-5-11-19(16)22-21/h4-5,9,11,22H,3,6-8,10,12-14H2,1-2H3. The average molecular weight is 337 g/mol. The predicted octanol–water partition coefficient (Wildman–Crippen LogP) is 4.72. The third-order valence-corrected chi connectivity index (χ3v) is 5.43. The molecule has 2 aromatic heterocycles. The Kier molecular flexibility index (Phi) is 4.62. The highest BCUT2D eigenvalue weighted by atomic mass is 16.5. The molecule has 25 heavy (non-hydrogen) atoms. The van der Waals surface area contributed by atoms with Gasteiger partial charge in [-0.3, -0.25) is 0 Å². The smallest absolute Gasteiger partial charge is 0.143 e. The van der Waals surface area contributed by atoms with Crippen LogP contribution in [0.3, 0.4) is 0 Å². The number of hydrogen-bond acceptors (Lipinski definition) is 3. The van der Waals surface area contributed by atoms with Gasteiger partial charge in [-0.1, -0.05) is 30.3 Å². The van der Waals surface area contributed by atoms with Crippen LogP contribution in [0.1, 0.15) is 43.2 Å². The molecule has 0 unspecified atom stereocenters. The first-order valence-corrected chi connectivity index (χ1v) is 9.55. The largest absolute Gasteiger partial charge is 0.361 e. The molecule has 0 saturated carbocycles. The van der Waals surface area contributed by atoms with Gasteiger partial charge in [0.15, 0.2) is 0 Å². The highest BCUT2D eigenvalue weighted by Crippen LogP contribution is 2.35. The molecule has 0 atom stereocenters. The van der Waals surface area contributed by atoms with E-state index < -0.39 is 0 Å². The summed E-state index contributed by atoms with van der Waals surface area (Å²) >= 11 is 0. The van der Waals surface area contributed by atoms with Gasteiger partial charge < -0.3 is 14.4 Å². The third kappa shape index (κ3) is 3.11. The minimum atomic E-state index is 0.884. The number of aromatic amines is 1. The average Bonchev–Trinajstić information content (AvgIpc) is 3.34. The number of aryl methyl sites for hydroxylation is 3. The molecule has 4 rings (SSSR count). The SMILES string of the molecule is CCc1noc(C)c1-c1[nH]c2ccccc2c1CCCN1CCCC1. The van der Waals surface area contributed by atoms with Crippen molar-refractivity contribution in [3.8, 4) is 11.3 Å². The molecule has 1 aromatic carbocycles. The fourth-order valence-electron chi connectivity index (χ4n) is 4.14. The summed E-state index contributed by atoms with van der Waals surface area (Å²) in [7, 11) is 0. The van der Waals surface area contributed by atoms with Gasteiger partial charge in [0.25, 0.3) is 0 Å². The summed E-state index contributed by atoms with van der Waals surface area (Å²) in [5.74, 6) is 0.907. The van der Waals surface area contributed by atoms with Gasteiger partial charge in [0, 0.05) is 10.9 Å². The number of rotatable bonds is 6. The van der Waals surface area contributed by atoms with E-state index in [-0.39, 0.29) is 0 Å². The monoisotopic (exact) mass is 337 g/mol. The highest BCUT2D eigenvalue weighted by Gasteiger charge is 2.21. The Bertz CT molecular complexity index is 855. The first kappa shape index (κ1) is 16.4. The summed E-state index contributed by atoms with van der Waals surface area (Å²) < 4.78 is 5.50. The number of benzene rings is 1. The Morgan fingerprint density at radius 1 is 1.20 bits per heavy atom. The van der Waals surface area contributed by atoms with E-state index in [2.05, 4.69) is 46.2 Å². The van der Waals surface area contributed by atoms with Crippen LogP contribution in [0.2, 0.25) is 0 Å². The van der Waals surface area contributed by atoms with Gasteiger partial charge in [-0.05, 0) is 70.3 Å². The van der Waals surface area contributed by atoms with Crippen LogP contribution in [0.4, 0.5) is 0 Å². The van der Waals surface area contributed by atoms with Crippen LogP contribution in [-0.2, 0) is 12.8 Å². The number of nitrogens with zero attached hydrogens (tertiary/aromatic N) is 2. The maximum atomic E-state index is 5.50. The normalized spacial score (nSPS) is 15.4. The van der Waals surface area contributed by atoms with Gasteiger partial charge in [0.2, 0.25) is 0 Å². The van der Waals surface area contributed by atoms with Crippen molar-refractivity contribution in [2.75, 3.05) is 19.6 Å². The van der Waals surface area contributed by atoms with Crippen LogP contribution in [-0.4, -0.2) is 34.7 Å². The lowest BCUT2D eigenvalue weighted by Gasteiger charge is -2.14. The lowest BCUT2D eigenvalue weighted by Crippen LogP contribution is -2.20. The van der Waals surface area contributed by atoms with Crippen molar-refractivity contribution in [1.82, 2.24) is 15.0 Å². The summed E-state index contributed by atoms with van der Waals surface area (Å²) in [5.41, 5.74) is 6.03. The highest BCUT2D eigenvalue weighted by molar-refractivity contribution is 5.91. The number of nitrogens with one attached hydrogen (secondary N) is 1. The molecule has 1 saturated heterocycles. The lowest BCUT2D eigenvalue weighted by atomic mass is 9.99. The van der Waals surface area contributed by atoms with Crippen LogP contribution in [0.15, 0.2) is 28.8 Å². The van der Waals surface area contributed by atoms with E-state index in [4.69, 9.17) is 4.52 Å². The topological polar surface area (TPSA) is 45.1 Å². The Labute approximate surface area is 149 Å². The second-order valence-corrected chi connectivity index (χ2v) is 7.09. The Hall–Kier alpha value is -2.07. The van der Waals surface area contributed by atoms with Crippen LogP contribution in [0.25, 0.3) is 22.2 Å². The van der Waals surface area contributed by atoms with Gasteiger partial charge in [0.1, 0.15) is 5.76 Å². The van der Waals surface area contributed by atoms with Crippen LogP contribution in [0, 0.1) is 6.92 Å². The number of H-pyrrole nitrogens is 1. The molecular formula is C21H27N3O. The zero-order chi connectivity index (χ0) is 17.2. The number of fused-ring (bicyclic) bond motifs is 1. The predicted molar refractivity (Wildman–Crippen MR) is 102 cm³/mol. The van der Waals surface area contributed by atoms with Gasteiger partial charge in [-0.15, -0.1) is 0 Å². The zero-order valence-corrected chi connectivity index (χ0v) is 15.3.